The molecule has 1 fully saturated rings. The van der Waals surface area contributed by atoms with Gasteiger partial charge in [-0.05, 0) is 60.3 Å². The van der Waals surface area contributed by atoms with Gasteiger partial charge in [-0.15, -0.1) is 0 Å². The molecule has 0 saturated carbocycles. The molecule has 2 aromatic rings. The van der Waals surface area contributed by atoms with Crippen LogP contribution < -0.4 is 5.32 Å². The van der Waals surface area contributed by atoms with Gasteiger partial charge in [-0.1, -0.05) is 39.0 Å². The molecule has 0 atom stereocenters. The number of rotatable bonds is 4. The van der Waals surface area contributed by atoms with Crippen LogP contribution in [0.15, 0.2) is 42.5 Å². The zero-order valence-corrected chi connectivity index (χ0v) is 17.9. The largest absolute Gasteiger partial charge is 0.322 e. The highest BCUT2D eigenvalue weighted by Crippen LogP contribution is 2.26. The van der Waals surface area contributed by atoms with Crippen molar-refractivity contribution in [3.63, 3.8) is 0 Å². The average Bonchev–Trinajstić information content (AvgIpc) is 2.64. The fourth-order valence-corrected chi connectivity index (χ4v) is 3.81. The zero-order valence-electron chi connectivity index (χ0n) is 17.9. The first-order chi connectivity index (χ1) is 13.2. The van der Waals surface area contributed by atoms with Gasteiger partial charge in [-0.25, -0.2) is 0 Å². The number of carbonyl (C=O) groups is 1. The van der Waals surface area contributed by atoms with Gasteiger partial charge in [0.25, 0.3) is 5.91 Å². The Kier molecular flexibility index (Phi) is 6.21. The molecule has 3 rings (SSSR count). The molecular formula is C24H33N3O. The number of hydrogen-bond acceptors (Lipinski definition) is 3. The molecule has 1 amide bonds. The molecule has 4 nitrogen and oxygen atoms in total. The summed E-state index contributed by atoms with van der Waals surface area (Å²) >= 11 is 0. The standard InChI is InChI=1S/C24H33N3O/c1-18-16-20(8-11-22(18)24(2,3)4)23(28)25-21-9-6-19(7-10-21)17-27-14-12-26(5)13-15-27/h6-11,16H,12-15,17H2,1-5H3,(H,25,28). The Morgan fingerprint density at radius 1 is 1.00 bits per heavy atom. The van der Waals surface area contributed by atoms with E-state index >= 15 is 0 Å². The van der Waals surface area contributed by atoms with Crippen molar-refractivity contribution in [2.45, 2.75) is 39.7 Å². The average molecular weight is 380 g/mol. The fourth-order valence-electron chi connectivity index (χ4n) is 3.81. The number of amides is 1. The van der Waals surface area contributed by atoms with E-state index in [9.17, 15) is 4.79 Å². The summed E-state index contributed by atoms with van der Waals surface area (Å²) in [5, 5.41) is 3.02. The van der Waals surface area contributed by atoms with Gasteiger partial charge in [-0.3, -0.25) is 9.69 Å². The Morgan fingerprint density at radius 3 is 2.21 bits per heavy atom. The summed E-state index contributed by atoms with van der Waals surface area (Å²) in [6.07, 6.45) is 0. The summed E-state index contributed by atoms with van der Waals surface area (Å²) in [7, 11) is 2.17. The predicted molar refractivity (Wildman–Crippen MR) is 117 cm³/mol. The normalized spacial score (nSPS) is 16.2. The molecule has 0 radical (unpaired) electrons. The SMILES string of the molecule is Cc1cc(C(=O)Nc2ccc(CN3CCN(C)CC3)cc2)ccc1C(C)(C)C. The summed E-state index contributed by atoms with van der Waals surface area (Å²) in [6.45, 7) is 14.1. The number of carbonyl (C=O) groups excluding carboxylic acids is 1. The van der Waals surface area contributed by atoms with E-state index in [4.69, 9.17) is 0 Å². The van der Waals surface area contributed by atoms with Crippen LogP contribution in [-0.4, -0.2) is 48.9 Å². The van der Waals surface area contributed by atoms with Gasteiger partial charge in [0.1, 0.15) is 0 Å². The van der Waals surface area contributed by atoms with Crippen LogP contribution >= 0.6 is 0 Å². The van der Waals surface area contributed by atoms with Crippen LogP contribution in [0.2, 0.25) is 0 Å². The van der Waals surface area contributed by atoms with Crippen molar-refractivity contribution in [2.24, 2.45) is 0 Å². The molecule has 2 aromatic carbocycles. The summed E-state index contributed by atoms with van der Waals surface area (Å²) in [5.74, 6) is -0.0598. The van der Waals surface area contributed by atoms with Crippen molar-refractivity contribution >= 4 is 11.6 Å². The van der Waals surface area contributed by atoms with E-state index in [1.54, 1.807) is 0 Å². The summed E-state index contributed by atoms with van der Waals surface area (Å²) in [6, 6.07) is 14.2. The van der Waals surface area contributed by atoms with E-state index in [1.807, 2.05) is 24.3 Å². The van der Waals surface area contributed by atoms with Crippen molar-refractivity contribution in [3.05, 3.63) is 64.7 Å². The number of nitrogens with one attached hydrogen (secondary N) is 1. The molecule has 0 aromatic heterocycles. The van der Waals surface area contributed by atoms with Crippen molar-refractivity contribution in [1.82, 2.24) is 9.80 Å². The number of piperazine rings is 1. The van der Waals surface area contributed by atoms with Crippen LogP contribution in [0.5, 0.6) is 0 Å². The molecule has 0 unspecified atom stereocenters. The molecule has 0 bridgehead atoms. The van der Waals surface area contributed by atoms with E-state index in [2.05, 4.69) is 68.1 Å². The molecule has 0 spiro atoms. The maximum Gasteiger partial charge on any atom is 0.255 e. The molecule has 1 aliphatic heterocycles. The number of aryl methyl sites for hydroxylation is 1. The molecule has 1 aliphatic rings. The quantitative estimate of drug-likeness (QED) is 0.861. The first-order valence-electron chi connectivity index (χ1n) is 10.1. The lowest BCUT2D eigenvalue weighted by molar-refractivity contribution is 0.102. The second-order valence-electron chi connectivity index (χ2n) is 9.01. The van der Waals surface area contributed by atoms with Crippen LogP contribution in [0.1, 0.15) is 47.8 Å². The van der Waals surface area contributed by atoms with E-state index in [-0.39, 0.29) is 11.3 Å². The number of nitrogens with zero attached hydrogens (tertiary/aromatic N) is 2. The number of hydrogen-bond donors (Lipinski definition) is 1. The lowest BCUT2D eigenvalue weighted by Gasteiger charge is -2.32. The van der Waals surface area contributed by atoms with Crippen molar-refractivity contribution in [2.75, 3.05) is 38.5 Å². The highest BCUT2D eigenvalue weighted by Gasteiger charge is 2.18. The zero-order chi connectivity index (χ0) is 20.3. The molecule has 1 saturated heterocycles. The smallest absolute Gasteiger partial charge is 0.255 e. The minimum Gasteiger partial charge on any atom is -0.322 e. The van der Waals surface area contributed by atoms with E-state index in [0.29, 0.717) is 5.56 Å². The Bertz CT molecular complexity index is 813. The second kappa shape index (κ2) is 8.46. The number of benzene rings is 2. The Balaban J connectivity index is 1.61. The van der Waals surface area contributed by atoms with Crippen molar-refractivity contribution in [3.8, 4) is 0 Å². The third-order valence-electron chi connectivity index (χ3n) is 5.51. The molecule has 28 heavy (non-hydrogen) atoms. The maximum absolute atomic E-state index is 12.6. The molecule has 150 valence electrons. The summed E-state index contributed by atoms with van der Waals surface area (Å²) < 4.78 is 0. The van der Waals surface area contributed by atoms with Crippen molar-refractivity contribution in [1.29, 1.82) is 0 Å². The lowest BCUT2D eigenvalue weighted by Crippen LogP contribution is -2.43. The van der Waals surface area contributed by atoms with Crippen LogP contribution in [0, 0.1) is 6.92 Å². The van der Waals surface area contributed by atoms with Gasteiger partial charge < -0.3 is 10.2 Å². The molecular weight excluding hydrogens is 346 g/mol. The number of likely N-dealkylation sites (N-methyl/N-ethyl adjacent to an activating group) is 1. The first-order valence-corrected chi connectivity index (χ1v) is 10.1. The molecule has 0 aliphatic carbocycles. The topological polar surface area (TPSA) is 35.6 Å². The van der Waals surface area contributed by atoms with Crippen LogP contribution in [0.3, 0.4) is 0 Å². The third-order valence-corrected chi connectivity index (χ3v) is 5.51. The van der Waals surface area contributed by atoms with Gasteiger partial charge in [0, 0.05) is 44.0 Å². The Hall–Kier alpha value is -2.17. The Labute approximate surface area is 169 Å². The van der Waals surface area contributed by atoms with Gasteiger partial charge in [-0.2, -0.15) is 0 Å². The highest BCUT2D eigenvalue weighted by molar-refractivity contribution is 6.04. The van der Waals surface area contributed by atoms with Crippen LogP contribution in [0.4, 0.5) is 5.69 Å². The second-order valence-corrected chi connectivity index (χ2v) is 9.01. The lowest BCUT2D eigenvalue weighted by atomic mass is 9.83. The van der Waals surface area contributed by atoms with Crippen LogP contribution in [-0.2, 0) is 12.0 Å². The third kappa shape index (κ3) is 5.21. The summed E-state index contributed by atoms with van der Waals surface area (Å²) in [5.41, 5.74) is 5.34. The van der Waals surface area contributed by atoms with E-state index < -0.39 is 0 Å². The highest BCUT2D eigenvalue weighted by atomic mass is 16.1. The Morgan fingerprint density at radius 2 is 1.64 bits per heavy atom. The van der Waals surface area contributed by atoms with Crippen LogP contribution in [0.25, 0.3) is 0 Å². The predicted octanol–water partition coefficient (Wildman–Crippen LogP) is 4.29. The van der Waals surface area contributed by atoms with Gasteiger partial charge >= 0.3 is 0 Å². The molecule has 4 heteroatoms. The minimum absolute atomic E-state index is 0.0598. The monoisotopic (exact) mass is 379 g/mol. The van der Waals surface area contributed by atoms with Gasteiger partial charge in [0.2, 0.25) is 0 Å². The maximum atomic E-state index is 12.6. The van der Waals surface area contributed by atoms with E-state index in [1.165, 1.54) is 11.1 Å². The fraction of sp³-hybridized carbons (Fsp3) is 0.458. The van der Waals surface area contributed by atoms with Gasteiger partial charge in [0.05, 0.1) is 0 Å². The molecule has 1 heterocycles. The van der Waals surface area contributed by atoms with Crippen molar-refractivity contribution < 1.29 is 4.79 Å². The molecule has 1 N–H and O–H groups in total. The summed E-state index contributed by atoms with van der Waals surface area (Å²) in [4.78, 5) is 17.5. The van der Waals surface area contributed by atoms with Gasteiger partial charge in [0.15, 0.2) is 0 Å². The minimum atomic E-state index is -0.0598. The van der Waals surface area contributed by atoms with E-state index in [0.717, 1.165) is 44.0 Å². The number of anilines is 1. The first kappa shape index (κ1) is 20.6.